The fraction of sp³-hybridized carbons (Fsp3) is 0.472. The molecular formula is C36H50Cl3N17O8S. The van der Waals surface area contributed by atoms with Gasteiger partial charge < -0.3 is 45.0 Å². The van der Waals surface area contributed by atoms with E-state index >= 15 is 0 Å². The fourth-order valence-electron chi connectivity index (χ4n) is 5.30. The van der Waals surface area contributed by atoms with Crippen LogP contribution >= 0.6 is 46.1 Å². The maximum atomic E-state index is 10.5. The molecule has 3 aromatic heterocycles. The molecule has 1 unspecified atom stereocenters. The van der Waals surface area contributed by atoms with Crippen LogP contribution in [0.3, 0.4) is 0 Å². The summed E-state index contributed by atoms with van der Waals surface area (Å²) in [6.07, 6.45) is 8.69. The molecule has 2 fully saturated rings. The average Bonchev–Trinajstić information content (AvgIpc) is 3.95. The Kier molecular flexibility index (Phi) is 25.3. The molecule has 2 saturated heterocycles. The standard InChI is InChI=1S/C11H15ClN4O2.C10H11ClN4.C8H10ClN5O3S.C7H14N4O3/c1-3-15(11(13-2)8-16(17)18)7-9-4-5-10(12)14-6-9;1-8(14-7-12)15(2)6-9-3-4-10(11)13-5-9;1-12-4-17-5-13(8(12)11-14(15)16)3-6-2-10-7(9)18-6;1-8-7(10-11(12)13)9-4-6-2-3-14-5-6/h4-6,8,13H,3,7H2,1-2H3;3-5H,6H2,1-2H3;2H,3-5H2,1H3;6H,2-5H2,1H3,(H2,8,9,10)/b11-8+;;11-8+;. The summed E-state index contributed by atoms with van der Waals surface area (Å²) in [5.74, 6) is 1.99. The summed E-state index contributed by atoms with van der Waals surface area (Å²) in [5.41, 5.74) is 1.96. The summed E-state index contributed by atoms with van der Waals surface area (Å²) >= 11 is 18.4. The summed E-state index contributed by atoms with van der Waals surface area (Å²) in [6, 6.07) is 7.17. The molecule has 0 bridgehead atoms. The number of nitro groups is 3. The first kappa shape index (κ1) is 54.9. The number of amidine groups is 1. The molecular weight excluding hydrogens is 937 g/mol. The Morgan fingerprint density at radius 1 is 1.00 bits per heavy atom. The van der Waals surface area contributed by atoms with Gasteiger partial charge in [-0.2, -0.15) is 10.3 Å². The predicted molar refractivity (Wildman–Crippen MR) is 245 cm³/mol. The van der Waals surface area contributed by atoms with Crippen LogP contribution in [0.1, 0.15) is 36.3 Å². The molecule has 0 aliphatic carbocycles. The van der Waals surface area contributed by atoms with Gasteiger partial charge in [0.2, 0.25) is 6.19 Å². The maximum Gasteiger partial charge on any atom is 0.277 e. The van der Waals surface area contributed by atoms with Crippen LogP contribution in [0.5, 0.6) is 0 Å². The van der Waals surface area contributed by atoms with Crippen molar-refractivity contribution in [2.75, 3.05) is 68.0 Å². The minimum Gasteiger partial charge on any atom is -0.381 e. The number of ether oxygens (including phenoxy) is 2. The zero-order chi connectivity index (χ0) is 48.3. The molecule has 0 radical (unpaired) electrons. The Morgan fingerprint density at radius 2 is 1.66 bits per heavy atom. The summed E-state index contributed by atoms with van der Waals surface area (Å²) in [7, 11) is 6.78. The Morgan fingerprint density at radius 3 is 2.14 bits per heavy atom. The number of pyridine rings is 2. The third kappa shape index (κ3) is 22.3. The van der Waals surface area contributed by atoms with Crippen molar-refractivity contribution in [2.45, 2.75) is 39.9 Å². The lowest BCUT2D eigenvalue weighted by molar-refractivity contribution is -0.486. The average molecular weight is 987 g/mol. The van der Waals surface area contributed by atoms with E-state index in [1.807, 2.05) is 35.9 Å². The normalized spacial score (nSPS) is 15.5. The number of hydrogen-bond donors (Lipinski definition) is 3. The van der Waals surface area contributed by atoms with Crippen LogP contribution in [0.25, 0.3) is 0 Å². The van der Waals surface area contributed by atoms with Crippen molar-refractivity contribution in [3.63, 3.8) is 0 Å². The van der Waals surface area contributed by atoms with Crippen LogP contribution in [-0.4, -0.2) is 135 Å². The van der Waals surface area contributed by atoms with Crippen LogP contribution in [0, 0.1) is 47.7 Å². The molecule has 3 N–H and O–H groups in total. The first-order valence-electron chi connectivity index (χ1n) is 19.2. The number of hydrogen-bond acceptors (Lipinski definition) is 16. The molecule has 5 heterocycles. The molecule has 2 aliphatic rings. The second-order valence-corrected chi connectivity index (χ2v) is 15.8. The lowest BCUT2D eigenvalue weighted by Crippen LogP contribution is -2.49. The third-order valence-corrected chi connectivity index (χ3v) is 10.1. The zero-order valence-corrected chi connectivity index (χ0v) is 39.4. The highest BCUT2D eigenvalue weighted by atomic mass is 35.5. The second kappa shape index (κ2) is 30.0. The molecule has 29 heteroatoms. The van der Waals surface area contributed by atoms with Crippen molar-refractivity contribution in [1.29, 1.82) is 5.26 Å². The maximum absolute atomic E-state index is 10.5. The molecule has 0 amide bonds. The van der Waals surface area contributed by atoms with Gasteiger partial charge in [0, 0.05) is 90.4 Å². The van der Waals surface area contributed by atoms with Crippen LogP contribution in [-0.2, 0) is 29.1 Å². The van der Waals surface area contributed by atoms with Gasteiger partial charge in [0.1, 0.15) is 39.8 Å². The molecule has 2 aliphatic heterocycles. The van der Waals surface area contributed by atoms with Gasteiger partial charge in [-0.05, 0) is 43.5 Å². The van der Waals surface area contributed by atoms with Crippen LogP contribution in [0.4, 0.5) is 0 Å². The first-order valence-corrected chi connectivity index (χ1v) is 21.2. The van der Waals surface area contributed by atoms with Gasteiger partial charge in [0.25, 0.3) is 18.1 Å². The topological polar surface area (TPSA) is 296 Å². The van der Waals surface area contributed by atoms with Crippen molar-refractivity contribution in [1.82, 2.24) is 50.5 Å². The van der Waals surface area contributed by atoms with Crippen LogP contribution < -0.4 is 16.0 Å². The predicted octanol–water partition coefficient (Wildman–Crippen LogP) is 4.32. The molecule has 0 aromatic carbocycles. The van der Waals surface area contributed by atoms with Crippen molar-refractivity contribution in [3.05, 3.63) is 116 Å². The van der Waals surface area contributed by atoms with Gasteiger partial charge in [-0.15, -0.1) is 11.3 Å². The van der Waals surface area contributed by atoms with Gasteiger partial charge >= 0.3 is 0 Å². The zero-order valence-electron chi connectivity index (χ0n) is 36.3. The molecule has 5 rings (SSSR count). The number of nitrogens with zero attached hydrogens (tertiary/aromatic N) is 14. The Hall–Kier alpha value is -6.24. The molecule has 3 aromatic rings. The van der Waals surface area contributed by atoms with Crippen molar-refractivity contribution >= 4 is 63.9 Å². The van der Waals surface area contributed by atoms with Gasteiger partial charge in [-0.3, -0.25) is 10.1 Å². The van der Waals surface area contributed by atoms with E-state index in [4.69, 9.17) is 49.5 Å². The highest BCUT2D eigenvalue weighted by Gasteiger charge is 2.25. The van der Waals surface area contributed by atoms with Crippen LogP contribution in [0.15, 0.2) is 70.1 Å². The molecule has 354 valence electrons. The van der Waals surface area contributed by atoms with E-state index in [2.05, 4.69) is 46.1 Å². The number of halogens is 3. The van der Waals surface area contributed by atoms with E-state index in [-0.39, 0.29) is 25.4 Å². The van der Waals surface area contributed by atoms with E-state index < -0.39 is 15.0 Å². The van der Waals surface area contributed by atoms with E-state index in [0.717, 1.165) is 35.2 Å². The summed E-state index contributed by atoms with van der Waals surface area (Å²) < 4.78 is 10.9. The summed E-state index contributed by atoms with van der Waals surface area (Å²) in [6.45, 7) is 8.59. The Bertz CT molecular complexity index is 2120. The van der Waals surface area contributed by atoms with E-state index in [1.165, 1.54) is 11.3 Å². The minimum absolute atomic E-state index is 0.182. The fourth-order valence-corrected chi connectivity index (χ4v) is 6.51. The van der Waals surface area contributed by atoms with Crippen molar-refractivity contribution < 1.29 is 24.5 Å². The number of hydrazone groups is 2. The number of thiazole rings is 1. The molecule has 65 heavy (non-hydrogen) atoms. The monoisotopic (exact) mass is 985 g/mol. The smallest absolute Gasteiger partial charge is 0.277 e. The molecule has 0 spiro atoms. The number of nitriles is 1. The van der Waals surface area contributed by atoms with Crippen molar-refractivity contribution in [3.8, 4) is 6.19 Å². The van der Waals surface area contributed by atoms with Crippen molar-refractivity contribution in [2.24, 2.45) is 21.1 Å². The SMILES string of the molecule is CC(=NC#N)N(C)Cc1ccc(Cl)nc1.CCN(Cc1ccc(Cl)nc1)/C(=C/[N+](=O)[O-])NC.CN/C(=N\[N+](=O)[O-])NCC1CCOC1.CN1COCN(Cc2cnc(Cl)s2)/C1=N/[N+](=O)[O-]. The highest BCUT2D eigenvalue weighted by molar-refractivity contribution is 7.15. The number of aromatic nitrogens is 3. The first-order chi connectivity index (χ1) is 31.0. The van der Waals surface area contributed by atoms with E-state index in [1.54, 1.807) is 74.8 Å². The lowest BCUT2D eigenvalue weighted by Gasteiger charge is -2.34. The third-order valence-electron chi connectivity index (χ3n) is 8.54. The Labute approximate surface area is 393 Å². The number of aliphatic imine (C=N–C) groups is 1. The molecule has 25 nitrogen and oxygen atoms in total. The van der Waals surface area contributed by atoms with E-state index in [9.17, 15) is 30.3 Å². The Balaban J connectivity index is 0.000000300. The van der Waals surface area contributed by atoms with Gasteiger partial charge in [0.15, 0.2) is 20.4 Å². The molecule has 1 atom stereocenters. The number of rotatable bonds is 14. The van der Waals surface area contributed by atoms with Gasteiger partial charge in [-0.1, -0.05) is 46.9 Å². The highest BCUT2D eigenvalue weighted by Crippen LogP contribution is 2.21. The summed E-state index contributed by atoms with van der Waals surface area (Å²) in [5, 5.41) is 53.7. The van der Waals surface area contributed by atoms with Gasteiger partial charge in [-0.25, -0.2) is 35.2 Å². The lowest BCUT2D eigenvalue weighted by atomic mass is 10.1. The van der Waals surface area contributed by atoms with Crippen LogP contribution in [0.2, 0.25) is 14.8 Å². The quantitative estimate of drug-likeness (QED) is 0.0506. The minimum atomic E-state index is -0.732. The molecule has 0 saturated carbocycles. The number of nitrogens with one attached hydrogen (secondary N) is 3. The summed E-state index contributed by atoms with van der Waals surface area (Å²) in [4.78, 5) is 53.9. The van der Waals surface area contributed by atoms with Gasteiger partial charge in [0.05, 0.1) is 18.1 Å². The largest absolute Gasteiger partial charge is 0.381 e. The number of guanidine groups is 2. The van der Waals surface area contributed by atoms with E-state index in [0.29, 0.717) is 71.7 Å². The second-order valence-electron chi connectivity index (χ2n) is 13.3.